The normalized spacial score (nSPS) is 21.9. The quantitative estimate of drug-likeness (QED) is 0.822. The number of benzene rings is 1. The second-order valence-electron chi connectivity index (χ2n) is 6.78. The molecule has 6 heteroatoms. The molecular weight excluding hydrogens is 320 g/mol. The van der Waals surface area contributed by atoms with Crippen molar-refractivity contribution >= 4 is 11.9 Å². The number of carbonyl (C=O) groups is 2. The Morgan fingerprint density at radius 3 is 2.44 bits per heavy atom. The van der Waals surface area contributed by atoms with Crippen LogP contribution in [0.2, 0.25) is 0 Å². The molecule has 1 atom stereocenters. The number of rotatable bonds is 5. The molecule has 1 aromatic carbocycles. The van der Waals surface area contributed by atoms with Crippen LogP contribution in [0.4, 0.5) is 0 Å². The second kappa shape index (κ2) is 8.45. The maximum Gasteiger partial charge on any atom is 0.337 e. The van der Waals surface area contributed by atoms with Crippen molar-refractivity contribution < 1.29 is 19.1 Å². The molecule has 136 valence electrons. The number of carbonyl (C=O) groups excluding carboxylic acids is 2. The molecule has 2 aliphatic rings. The fourth-order valence-corrected chi connectivity index (χ4v) is 3.55. The Balaban J connectivity index is 1.42. The van der Waals surface area contributed by atoms with Crippen LogP contribution < -0.4 is 5.32 Å². The first-order valence-electron chi connectivity index (χ1n) is 8.95. The Hall–Kier alpha value is -1.92. The molecular formula is C19H26N2O4. The number of ether oxygens (including phenoxy) is 2. The van der Waals surface area contributed by atoms with Crippen molar-refractivity contribution in [3.63, 3.8) is 0 Å². The molecule has 3 rings (SSSR count). The highest BCUT2D eigenvalue weighted by Gasteiger charge is 2.27. The molecule has 0 bridgehead atoms. The third-order valence-electron chi connectivity index (χ3n) is 5.19. The summed E-state index contributed by atoms with van der Waals surface area (Å²) in [6, 6.07) is 7.13. The predicted molar refractivity (Wildman–Crippen MR) is 93.6 cm³/mol. The van der Waals surface area contributed by atoms with Crippen molar-refractivity contribution in [3.05, 3.63) is 35.4 Å². The standard InChI is InChI=1S/C19H26N2O4/c1-24-19(23)16-4-2-15(3-5-16)18(22)20-12-14-6-9-21(10-7-14)17-8-11-25-13-17/h2-5,14,17H,6-13H2,1H3,(H,20,22)/t17-/m0/s1. The number of esters is 1. The lowest BCUT2D eigenvalue weighted by atomic mass is 9.95. The zero-order chi connectivity index (χ0) is 17.6. The number of likely N-dealkylation sites (tertiary alicyclic amines) is 1. The van der Waals surface area contributed by atoms with E-state index in [-0.39, 0.29) is 5.91 Å². The number of methoxy groups -OCH3 is 1. The fraction of sp³-hybridized carbons (Fsp3) is 0.579. The summed E-state index contributed by atoms with van der Waals surface area (Å²) in [5, 5.41) is 3.02. The number of hydrogen-bond acceptors (Lipinski definition) is 5. The number of nitrogens with one attached hydrogen (secondary N) is 1. The van der Waals surface area contributed by atoms with Gasteiger partial charge < -0.3 is 14.8 Å². The van der Waals surface area contributed by atoms with Crippen LogP contribution in [-0.4, -0.2) is 62.8 Å². The number of hydrogen-bond donors (Lipinski definition) is 1. The summed E-state index contributed by atoms with van der Waals surface area (Å²) >= 11 is 0. The Kier molecular flexibility index (Phi) is 6.04. The van der Waals surface area contributed by atoms with Crippen molar-refractivity contribution in [1.82, 2.24) is 10.2 Å². The monoisotopic (exact) mass is 346 g/mol. The minimum absolute atomic E-state index is 0.0944. The lowest BCUT2D eigenvalue weighted by Crippen LogP contribution is -2.43. The maximum absolute atomic E-state index is 12.3. The summed E-state index contributed by atoms with van der Waals surface area (Å²) < 4.78 is 10.1. The van der Waals surface area contributed by atoms with E-state index in [1.165, 1.54) is 7.11 Å². The third kappa shape index (κ3) is 4.58. The van der Waals surface area contributed by atoms with Crippen LogP contribution in [-0.2, 0) is 9.47 Å². The summed E-state index contributed by atoms with van der Waals surface area (Å²) in [7, 11) is 1.34. The van der Waals surface area contributed by atoms with Gasteiger partial charge in [0.25, 0.3) is 5.91 Å². The number of amides is 1. The van der Waals surface area contributed by atoms with Gasteiger partial charge in [0, 0.05) is 24.8 Å². The van der Waals surface area contributed by atoms with Crippen molar-refractivity contribution in [3.8, 4) is 0 Å². The van der Waals surface area contributed by atoms with E-state index in [1.807, 2.05) is 0 Å². The van der Waals surface area contributed by atoms with Crippen molar-refractivity contribution in [2.45, 2.75) is 25.3 Å². The third-order valence-corrected chi connectivity index (χ3v) is 5.19. The van der Waals surface area contributed by atoms with Crippen LogP contribution in [0.15, 0.2) is 24.3 Å². The van der Waals surface area contributed by atoms with Gasteiger partial charge in [-0.05, 0) is 62.5 Å². The maximum atomic E-state index is 12.3. The van der Waals surface area contributed by atoms with Gasteiger partial charge in [-0.15, -0.1) is 0 Å². The van der Waals surface area contributed by atoms with Crippen LogP contribution >= 0.6 is 0 Å². The fourth-order valence-electron chi connectivity index (χ4n) is 3.55. The van der Waals surface area contributed by atoms with Gasteiger partial charge in [-0.25, -0.2) is 4.79 Å². The largest absolute Gasteiger partial charge is 0.465 e. The van der Waals surface area contributed by atoms with Crippen LogP contribution in [0.1, 0.15) is 40.0 Å². The van der Waals surface area contributed by atoms with Crippen LogP contribution in [0.5, 0.6) is 0 Å². The summed E-state index contributed by atoms with van der Waals surface area (Å²) in [5.74, 6) is 0.0336. The molecule has 2 heterocycles. The van der Waals surface area contributed by atoms with Gasteiger partial charge in [-0.1, -0.05) is 0 Å². The lowest BCUT2D eigenvalue weighted by Gasteiger charge is -2.35. The van der Waals surface area contributed by atoms with Gasteiger partial charge in [0.2, 0.25) is 0 Å². The Labute approximate surface area is 148 Å². The first kappa shape index (κ1) is 17.9. The number of piperidine rings is 1. The molecule has 1 aromatic rings. The Morgan fingerprint density at radius 1 is 1.16 bits per heavy atom. The molecule has 2 fully saturated rings. The zero-order valence-electron chi connectivity index (χ0n) is 14.7. The SMILES string of the molecule is COC(=O)c1ccc(C(=O)NCC2CCN([C@H]3CCOC3)CC2)cc1. The zero-order valence-corrected chi connectivity index (χ0v) is 14.7. The summed E-state index contributed by atoms with van der Waals surface area (Å²) in [6.07, 6.45) is 3.36. The minimum Gasteiger partial charge on any atom is -0.465 e. The van der Waals surface area contributed by atoms with E-state index in [2.05, 4.69) is 15.0 Å². The van der Waals surface area contributed by atoms with Crippen LogP contribution in [0, 0.1) is 5.92 Å². The highest BCUT2D eigenvalue weighted by atomic mass is 16.5. The lowest BCUT2D eigenvalue weighted by molar-refractivity contribution is 0.0600. The van der Waals surface area contributed by atoms with E-state index in [0.29, 0.717) is 29.6 Å². The van der Waals surface area contributed by atoms with E-state index >= 15 is 0 Å². The van der Waals surface area contributed by atoms with Gasteiger partial charge in [0.1, 0.15) is 0 Å². The molecule has 25 heavy (non-hydrogen) atoms. The summed E-state index contributed by atoms with van der Waals surface area (Å²) in [4.78, 5) is 26.2. The Bertz CT molecular complexity index is 588. The van der Waals surface area contributed by atoms with Gasteiger partial charge in [-0.2, -0.15) is 0 Å². The first-order valence-corrected chi connectivity index (χ1v) is 8.95. The molecule has 1 N–H and O–H groups in total. The molecule has 2 saturated heterocycles. The minimum atomic E-state index is -0.397. The summed E-state index contributed by atoms with van der Waals surface area (Å²) in [5.41, 5.74) is 1.01. The van der Waals surface area contributed by atoms with Crippen LogP contribution in [0.3, 0.4) is 0 Å². The molecule has 0 aromatic heterocycles. The summed E-state index contributed by atoms with van der Waals surface area (Å²) in [6.45, 7) is 4.62. The Morgan fingerprint density at radius 2 is 1.84 bits per heavy atom. The van der Waals surface area contributed by atoms with Crippen molar-refractivity contribution in [2.24, 2.45) is 5.92 Å². The predicted octanol–water partition coefficient (Wildman–Crippen LogP) is 1.70. The van der Waals surface area contributed by atoms with Crippen molar-refractivity contribution in [1.29, 1.82) is 0 Å². The first-order chi connectivity index (χ1) is 12.2. The molecule has 0 radical (unpaired) electrons. The van der Waals surface area contributed by atoms with E-state index in [0.717, 1.165) is 45.6 Å². The average Bonchev–Trinajstić information content (AvgIpc) is 3.21. The average molecular weight is 346 g/mol. The molecule has 2 aliphatic heterocycles. The molecule has 0 spiro atoms. The number of nitrogens with zero attached hydrogens (tertiary/aromatic N) is 1. The molecule has 0 unspecified atom stereocenters. The molecule has 6 nitrogen and oxygen atoms in total. The van der Waals surface area contributed by atoms with E-state index in [4.69, 9.17) is 4.74 Å². The van der Waals surface area contributed by atoms with Crippen molar-refractivity contribution in [2.75, 3.05) is 40.0 Å². The smallest absolute Gasteiger partial charge is 0.337 e. The van der Waals surface area contributed by atoms with E-state index in [9.17, 15) is 9.59 Å². The molecule has 1 amide bonds. The van der Waals surface area contributed by atoms with E-state index < -0.39 is 5.97 Å². The van der Waals surface area contributed by atoms with Gasteiger partial charge in [-0.3, -0.25) is 9.69 Å². The van der Waals surface area contributed by atoms with Gasteiger partial charge >= 0.3 is 5.97 Å². The molecule has 0 aliphatic carbocycles. The molecule has 0 saturated carbocycles. The topological polar surface area (TPSA) is 67.9 Å². The highest BCUT2D eigenvalue weighted by molar-refractivity contribution is 5.96. The van der Waals surface area contributed by atoms with Gasteiger partial charge in [0.15, 0.2) is 0 Å². The highest BCUT2D eigenvalue weighted by Crippen LogP contribution is 2.22. The second-order valence-corrected chi connectivity index (χ2v) is 6.78. The van der Waals surface area contributed by atoms with Crippen LogP contribution in [0.25, 0.3) is 0 Å². The van der Waals surface area contributed by atoms with E-state index in [1.54, 1.807) is 24.3 Å². The van der Waals surface area contributed by atoms with Gasteiger partial charge in [0.05, 0.1) is 19.3 Å².